The number of carbonyl (C=O) groups is 2. The van der Waals surface area contributed by atoms with E-state index >= 15 is 0 Å². The molecule has 3 aromatic rings. The molecule has 0 radical (unpaired) electrons. The van der Waals surface area contributed by atoms with Crippen LogP contribution in [-0.4, -0.2) is 38.2 Å². The Balaban J connectivity index is 1.58. The maximum Gasteiger partial charge on any atom is 0.265 e. The molecule has 1 heterocycles. The summed E-state index contributed by atoms with van der Waals surface area (Å²) in [6, 6.07) is 22.3. The number of hydrogen-bond acceptors (Lipinski definition) is 5. The van der Waals surface area contributed by atoms with Crippen LogP contribution in [-0.2, 0) is 9.53 Å². The first kappa shape index (κ1) is 21.9. The first-order valence-electron chi connectivity index (χ1n) is 10.3. The van der Waals surface area contributed by atoms with E-state index in [4.69, 9.17) is 9.47 Å². The van der Waals surface area contributed by atoms with E-state index in [2.05, 4.69) is 5.32 Å². The fraction of sp³-hybridized carbons (Fsp3) is 0.200. The normalized spacial score (nSPS) is 13.6. The molecule has 4 rings (SSSR count). The van der Waals surface area contributed by atoms with Crippen molar-refractivity contribution in [2.24, 2.45) is 0 Å². The molecule has 0 aliphatic carbocycles. The SMILES string of the molecule is COCCN1C(=O)c2ccccc2Sc2cc(NC(=O)[C@H](C)Oc3ccccc3)ccc21. The third-order valence-electron chi connectivity index (χ3n) is 5.04. The summed E-state index contributed by atoms with van der Waals surface area (Å²) in [5.74, 6) is 0.322. The van der Waals surface area contributed by atoms with Gasteiger partial charge in [-0.25, -0.2) is 0 Å². The molecule has 2 amide bonds. The molecule has 0 bridgehead atoms. The summed E-state index contributed by atoms with van der Waals surface area (Å²) in [4.78, 5) is 29.4. The first-order chi connectivity index (χ1) is 15.6. The van der Waals surface area contributed by atoms with Crippen molar-refractivity contribution < 1.29 is 19.1 Å². The maximum absolute atomic E-state index is 13.2. The molecule has 7 heteroatoms. The van der Waals surface area contributed by atoms with Crippen LogP contribution in [0.5, 0.6) is 5.75 Å². The molecule has 0 spiro atoms. The average molecular weight is 449 g/mol. The second kappa shape index (κ2) is 9.89. The lowest BCUT2D eigenvalue weighted by atomic mass is 10.1. The van der Waals surface area contributed by atoms with Crippen molar-refractivity contribution in [2.45, 2.75) is 22.8 Å². The standard InChI is InChI=1S/C25H24N2O4S/c1-17(31-19-8-4-3-5-9-19)24(28)26-18-12-13-21-23(16-18)32-22-11-7-6-10-20(22)25(29)27(21)14-15-30-2/h3-13,16-17H,14-15H2,1-2H3,(H,26,28)/t17-/m0/s1. The number of para-hydroxylation sites is 1. The Morgan fingerprint density at radius 1 is 1.03 bits per heavy atom. The van der Waals surface area contributed by atoms with Crippen molar-refractivity contribution in [3.05, 3.63) is 78.4 Å². The van der Waals surface area contributed by atoms with Gasteiger partial charge < -0.3 is 19.7 Å². The van der Waals surface area contributed by atoms with Gasteiger partial charge in [0.05, 0.1) is 17.9 Å². The summed E-state index contributed by atoms with van der Waals surface area (Å²) < 4.78 is 10.9. The van der Waals surface area contributed by atoms with Gasteiger partial charge in [0.25, 0.3) is 11.8 Å². The number of carbonyl (C=O) groups excluding carboxylic acids is 2. The lowest BCUT2D eigenvalue weighted by Crippen LogP contribution is -2.34. The van der Waals surface area contributed by atoms with Crippen LogP contribution in [0.2, 0.25) is 0 Å². The van der Waals surface area contributed by atoms with E-state index in [0.717, 1.165) is 15.5 Å². The minimum Gasteiger partial charge on any atom is -0.481 e. The number of anilines is 2. The number of nitrogens with one attached hydrogen (secondary N) is 1. The molecule has 0 fully saturated rings. The van der Waals surface area contributed by atoms with Crippen LogP contribution in [0.1, 0.15) is 17.3 Å². The van der Waals surface area contributed by atoms with E-state index in [-0.39, 0.29) is 11.8 Å². The monoisotopic (exact) mass is 448 g/mol. The minimum atomic E-state index is -0.663. The molecule has 32 heavy (non-hydrogen) atoms. The fourth-order valence-corrected chi connectivity index (χ4v) is 4.52. The number of amides is 2. The van der Waals surface area contributed by atoms with E-state index in [9.17, 15) is 9.59 Å². The van der Waals surface area contributed by atoms with E-state index in [0.29, 0.717) is 30.2 Å². The number of benzene rings is 3. The van der Waals surface area contributed by atoms with Gasteiger partial charge in [0.1, 0.15) is 5.75 Å². The summed E-state index contributed by atoms with van der Waals surface area (Å²) in [6.45, 7) is 2.57. The van der Waals surface area contributed by atoms with Crippen LogP contribution < -0.4 is 15.0 Å². The van der Waals surface area contributed by atoms with E-state index in [1.807, 2.05) is 66.7 Å². The van der Waals surface area contributed by atoms with Crippen LogP contribution in [0.25, 0.3) is 0 Å². The molecule has 1 atom stereocenters. The minimum absolute atomic E-state index is 0.0643. The highest BCUT2D eigenvalue weighted by Crippen LogP contribution is 2.42. The van der Waals surface area contributed by atoms with E-state index < -0.39 is 6.10 Å². The van der Waals surface area contributed by atoms with E-state index in [1.54, 1.807) is 25.0 Å². The third kappa shape index (κ3) is 4.79. The second-order valence-electron chi connectivity index (χ2n) is 7.29. The highest BCUT2D eigenvalue weighted by atomic mass is 32.2. The second-order valence-corrected chi connectivity index (χ2v) is 8.38. The molecule has 164 valence electrons. The molecular formula is C25H24N2O4S. The summed E-state index contributed by atoms with van der Waals surface area (Å²) in [6.07, 6.45) is -0.663. The Kier molecular flexibility index (Phi) is 6.78. The molecule has 0 aromatic heterocycles. The zero-order valence-electron chi connectivity index (χ0n) is 17.9. The predicted octanol–water partition coefficient (Wildman–Crippen LogP) is 4.85. The Hall–Kier alpha value is -3.29. The Bertz CT molecular complexity index is 1120. The summed E-state index contributed by atoms with van der Waals surface area (Å²) in [5, 5.41) is 2.92. The molecule has 0 saturated heterocycles. The molecule has 0 unspecified atom stereocenters. The van der Waals surface area contributed by atoms with Crippen molar-refractivity contribution in [3.63, 3.8) is 0 Å². The zero-order chi connectivity index (χ0) is 22.5. The van der Waals surface area contributed by atoms with Gasteiger partial charge in [-0.2, -0.15) is 0 Å². The molecule has 3 aromatic carbocycles. The highest BCUT2D eigenvalue weighted by Gasteiger charge is 2.27. The number of fused-ring (bicyclic) bond motifs is 2. The fourth-order valence-electron chi connectivity index (χ4n) is 3.41. The number of rotatable bonds is 7. The van der Waals surface area contributed by atoms with Gasteiger partial charge in [-0.3, -0.25) is 9.59 Å². The lowest BCUT2D eigenvalue weighted by Gasteiger charge is -2.23. The third-order valence-corrected chi connectivity index (χ3v) is 6.17. The van der Waals surface area contributed by atoms with Crippen molar-refractivity contribution in [2.75, 3.05) is 30.5 Å². The van der Waals surface area contributed by atoms with Crippen molar-refractivity contribution >= 4 is 35.0 Å². The lowest BCUT2D eigenvalue weighted by molar-refractivity contribution is -0.122. The molecule has 0 saturated carbocycles. The van der Waals surface area contributed by atoms with Crippen LogP contribution in [0, 0.1) is 0 Å². The predicted molar refractivity (Wildman–Crippen MR) is 126 cm³/mol. The summed E-state index contributed by atoms with van der Waals surface area (Å²) >= 11 is 1.51. The van der Waals surface area contributed by atoms with Gasteiger partial charge >= 0.3 is 0 Å². The van der Waals surface area contributed by atoms with Crippen LogP contribution in [0.15, 0.2) is 82.6 Å². The molecule has 6 nitrogen and oxygen atoms in total. The van der Waals surface area contributed by atoms with Crippen LogP contribution in [0.4, 0.5) is 11.4 Å². The zero-order valence-corrected chi connectivity index (χ0v) is 18.7. The van der Waals surface area contributed by atoms with Crippen molar-refractivity contribution in [1.82, 2.24) is 0 Å². The van der Waals surface area contributed by atoms with Gasteiger partial charge in [-0.1, -0.05) is 42.1 Å². The maximum atomic E-state index is 13.2. The molecule has 1 aliphatic rings. The highest BCUT2D eigenvalue weighted by molar-refractivity contribution is 7.99. The topological polar surface area (TPSA) is 67.9 Å². The van der Waals surface area contributed by atoms with Crippen molar-refractivity contribution in [3.8, 4) is 5.75 Å². The Labute approximate surface area is 191 Å². The van der Waals surface area contributed by atoms with E-state index in [1.165, 1.54) is 11.8 Å². The van der Waals surface area contributed by atoms with Gasteiger partial charge in [0.2, 0.25) is 0 Å². The van der Waals surface area contributed by atoms with Gasteiger partial charge in [0.15, 0.2) is 6.10 Å². The Morgan fingerprint density at radius 2 is 1.78 bits per heavy atom. The van der Waals surface area contributed by atoms with Gasteiger partial charge in [-0.15, -0.1) is 0 Å². The van der Waals surface area contributed by atoms with Gasteiger partial charge in [-0.05, 0) is 49.4 Å². The average Bonchev–Trinajstić information content (AvgIpc) is 2.92. The van der Waals surface area contributed by atoms with Gasteiger partial charge in [0, 0.05) is 29.1 Å². The molecule has 1 aliphatic heterocycles. The largest absolute Gasteiger partial charge is 0.481 e. The van der Waals surface area contributed by atoms with Crippen LogP contribution >= 0.6 is 11.8 Å². The first-order valence-corrected chi connectivity index (χ1v) is 11.1. The summed E-state index contributed by atoms with van der Waals surface area (Å²) in [5.41, 5.74) is 2.09. The quantitative estimate of drug-likeness (QED) is 0.560. The number of methoxy groups -OCH3 is 1. The number of ether oxygens (including phenoxy) is 2. The Morgan fingerprint density at radius 3 is 2.56 bits per heavy atom. The summed E-state index contributed by atoms with van der Waals surface area (Å²) in [7, 11) is 1.61. The van der Waals surface area contributed by atoms with Crippen LogP contribution in [0.3, 0.4) is 0 Å². The number of hydrogen-bond donors (Lipinski definition) is 1. The smallest absolute Gasteiger partial charge is 0.265 e. The number of nitrogens with zero attached hydrogens (tertiary/aromatic N) is 1. The molecule has 1 N–H and O–H groups in total. The molecular weight excluding hydrogens is 424 g/mol. The van der Waals surface area contributed by atoms with Crippen molar-refractivity contribution in [1.29, 1.82) is 0 Å².